The van der Waals surface area contributed by atoms with E-state index in [0.717, 1.165) is 30.0 Å². The number of hydrogen-bond acceptors (Lipinski definition) is 4. The van der Waals surface area contributed by atoms with Crippen LogP contribution in [0.25, 0.3) is 0 Å². The molecule has 0 spiro atoms. The lowest BCUT2D eigenvalue weighted by molar-refractivity contribution is 0.440. The molecule has 1 unspecified atom stereocenters. The van der Waals surface area contributed by atoms with Gasteiger partial charge < -0.3 is 10.4 Å². The number of aromatic nitrogens is 1. The second-order valence-corrected chi connectivity index (χ2v) is 5.67. The first-order valence-corrected chi connectivity index (χ1v) is 7.51. The molecule has 2 rings (SSSR count). The van der Waals surface area contributed by atoms with Crippen molar-refractivity contribution in [2.45, 2.75) is 39.3 Å². The van der Waals surface area contributed by atoms with Crippen molar-refractivity contribution in [2.24, 2.45) is 0 Å². The molecule has 0 amide bonds. The summed E-state index contributed by atoms with van der Waals surface area (Å²) >= 11 is 1.75. The van der Waals surface area contributed by atoms with Crippen molar-refractivity contribution in [2.75, 3.05) is 0 Å². The zero-order valence-electron chi connectivity index (χ0n) is 11.4. The van der Waals surface area contributed by atoms with Crippen molar-refractivity contribution in [3.8, 4) is 5.75 Å². The van der Waals surface area contributed by atoms with Crippen LogP contribution in [-0.2, 0) is 13.0 Å². The van der Waals surface area contributed by atoms with Crippen LogP contribution in [0.2, 0.25) is 0 Å². The van der Waals surface area contributed by atoms with Crippen LogP contribution in [0, 0.1) is 0 Å². The third-order valence-electron chi connectivity index (χ3n) is 3.17. The van der Waals surface area contributed by atoms with E-state index in [9.17, 15) is 5.11 Å². The second kappa shape index (κ2) is 6.68. The topological polar surface area (TPSA) is 45.2 Å². The predicted octanol–water partition coefficient (Wildman–Crippen LogP) is 3.65. The Hall–Kier alpha value is -1.39. The van der Waals surface area contributed by atoms with Crippen molar-refractivity contribution < 1.29 is 5.11 Å². The lowest BCUT2D eigenvalue weighted by Gasteiger charge is -2.17. The van der Waals surface area contributed by atoms with Gasteiger partial charge in [-0.3, -0.25) is 0 Å². The lowest BCUT2D eigenvalue weighted by atomic mass is 10.0. The van der Waals surface area contributed by atoms with E-state index in [2.05, 4.69) is 24.1 Å². The predicted molar refractivity (Wildman–Crippen MR) is 79.5 cm³/mol. The summed E-state index contributed by atoms with van der Waals surface area (Å²) in [4.78, 5) is 5.72. The highest BCUT2D eigenvalue weighted by Crippen LogP contribution is 2.26. The molecule has 0 fully saturated rings. The number of nitrogens with zero attached hydrogens (tertiary/aromatic N) is 1. The summed E-state index contributed by atoms with van der Waals surface area (Å²) < 4.78 is 0. The van der Waals surface area contributed by atoms with Crippen molar-refractivity contribution in [1.82, 2.24) is 10.3 Å². The van der Waals surface area contributed by atoms with E-state index in [1.807, 2.05) is 24.4 Å². The highest BCUT2D eigenvalue weighted by Gasteiger charge is 2.13. The minimum Gasteiger partial charge on any atom is -0.508 e. The largest absolute Gasteiger partial charge is 0.508 e. The van der Waals surface area contributed by atoms with Crippen LogP contribution >= 0.6 is 11.3 Å². The number of nitrogens with one attached hydrogen (secondary N) is 1. The molecule has 0 aliphatic rings. The molecule has 1 heterocycles. The Morgan fingerprint density at radius 1 is 1.32 bits per heavy atom. The van der Waals surface area contributed by atoms with Gasteiger partial charge in [0.2, 0.25) is 0 Å². The molecule has 1 aromatic carbocycles. The molecular weight excluding hydrogens is 256 g/mol. The van der Waals surface area contributed by atoms with E-state index in [-0.39, 0.29) is 6.04 Å². The van der Waals surface area contributed by atoms with Crippen LogP contribution in [0.15, 0.2) is 30.5 Å². The standard InChI is InChI=1S/C15H20N2OS/c1-3-11-9-17-15(19-11)10-16-13(4-2)12-7-5-6-8-14(12)18/h5-9,13,16,18H,3-4,10H2,1-2H3. The maximum Gasteiger partial charge on any atom is 0.120 e. The number of rotatable bonds is 6. The molecule has 2 N–H and O–H groups in total. The van der Waals surface area contributed by atoms with Crippen LogP contribution in [0.1, 0.15) is 41.8 Å². The Morgan fingerprint density at radius 2 is 2.11 bits per heavy atom. The zero-order chi connectivity index (χ0) is 13.7. The molecule has 0 aliphatic heterocycles. The van der Waals surface area contributed by atoms with Gasteiger partial charge in [-0.15, -0.1) is 11.3 Å². The normalized spacial score (nSPS) is 12.5. The van der Waals surface area contributed by atoms with Crippen molar-refractivity contribution in [3.05, 3.63) is 45.9 Å². The number of aryl methyl sites for hydroxylation is 1. The first kappa shape index (κ1) is 14.0. The molecule has 19 heavy (non-hydrogen) atoms. The number of phenolic OH excluding ortho intramolecular Hbond substituents is 1. The molecule has 1 atom stereocenters. The van der Waals surface area contributed by atoms with Crippen LogP contribution in [-0.4, -0.2) is 10.1 Å². The van der Waals surface area contributed by atoms with Crippen LogP contribution in [0.3, 0.4) is 0 Å². The van der Waals surface area contributed by atoms with Gasteiger partial charge >= 0.3 is 0 Å². The summed E-state index contributed by atoms with van der Waals surface area (Å²) in [6, 6.07) is 7.67. The first-order chi connectivity index (χ1) is 9.24. The summed E-state index contributed by atoms with van der Waals surface area (Å²) in [5.41, 5.74) is 0.956. The van der Waals surface area contributed by atoms with Crippen molar-refractivity contribution in [3.63, 3.8) is 0 Å². The average Bonchev–Trinajstić information content (AvgIpc) is 2.89. The fraction of sp³-hybridized carbons (Fsp3) is 0.400. The van der Waals surface area contributed by atoms with Gasteiger partial charge in [0.05, 0.1) is 0 Å². The third-order valence-corrected chi connectivity index (χ3v) is 4.31. The number of aromatic hydroxyl groups is 1. The maximum absolute atomic E-state index is 9.90. The Kier molecular flexibility index (Phi) is 4.93. The van der Waals surface area contributed by atoms with Gasteiger partial charge in [0, 0.05) is 29.2 Å². The van der Waals surface area contributed by atoms with E-state index in [0.29, 0.717) is 5.75 Å². The summed E-state index contributed by atoms with van der Waals surface area (Å²) in [6.45, 7) is 5.00. The summed E-state index contributed by atoms with van der Waals surface area (Å²) in [6.07, 6.45) is 3.92. The summed E-state index contributed by atoms with van der Waals surface area (Å²) in [7, 11) is 0. The summed E-state index contributed by atoms with van der Waals surface area (Å²) in [5.74, 6) is 0.357. The third kappa shape index (κ3) is 3.55. The molecule has 0 radical (unpaired) electrons. The molecular formula is C15H20N2OS. The molecule has 2 aromatic rings. The van der Waals surface area contributed by atoms with Gasteiger partial charge in [0.1, 0.15) is 10.8 Å². The fourth-order valence-electron chi connectivity index (χ4n) is 2.06. The SMILES string of the molecule is CCc1cnc(CNC(CC)c2ccccc2O)s1. The lowest BCUT2D eigenvalue weighted by Crippen LogP contribution is -2.20. The van der Waals surface area contributed by atoms with Crippen molar-refractivity contribution >= 4 is 11.3 Å². The van der Waals surface area contributed by atoms with Gasteiger partial charge in [-0.25, -0.2) is 4.98 Å². The van der Waals surface area contributed by atoms with Crippen molar-refractivity contribution in [1.29, 1.82) is 0 Å². The Bertz CT molecular complexity index is 524. The monoisotopic (exact) mass is 276 g/mol. The second-order valence-electron chi connectivity index (χ2n) is 4.47. The molecule has 102 valence electrons. The first-order valence-electron chi connectivity index (χ1n) is 6.69. The maximum atomic E-state index is 9.90. The number of phenols is 1. The Balaban J connectivity index is 2.02. The highest BCUT2D eigenvalue weighted by molar-refractivity contribution is 7.11. The molecule has 0 saturated carbocycles. The number of hydrogen-bond donors (Lipinski definition) is 2. The van der Waals surface area contributed by atoms with E-state index in [1.165, 1.54) is 4.88 Å². The summed E-state index contributed by atoms with van der Waals surface area (Å²) in [5, 5.41) is 14.5. The molecule has 0 saturated heterocycles. The van der Waals surface area contributed by atoms with Crippen LogP contribution in [0.5, 0.6) is 5.75 Å². The molecule has 0 bridgehead atoms. The van der Waals surface area contributed by atoms with Crippen LogP contribution in [0.4, 0.5) is 0 Å². The Morgan fingerprint density at radius 3 is 2.74 bits per heavy atom. The Labute approximate surface area is 118 Å². The number of thiazole rings is 1. The minimum absolute atomic E-state index is 0.162. The van der Waals surface area contributed by atoms with Crippen LogP contribution < -0.4 is 5.32 Å². The van der Waals surface area contributed by atoms with Gasteiger partial charge in [-0.05, 0) is 18.9 Å². The van der Waals surface area contributed by atoms with Gasteiger partial charge in [0.15, 0.2) is 0 Å². The fourth-order valence-corrected chi connectivity index (χ4v) is 2.87. The van der Waals surface area contributed by atoms with E-state index < -0.39 is 0 Å². The van der Waals surface area contributed by atoms with Gasteiger partial charge in [0.25, 0.3) is 0 Å². The molecule has 0 aliphatic carbocycles. The number of para-hydroxylation sites is 1. The van der Waals surface area contributed by atoms with E-state index in [4.69, 9.17) is 0 Å². The molecule has 4 heteroatoms. The highest BCUT2D eigenvalue weighted by atomic mass is 32.1. The van der Waals surface area contributed by atoms with Gasteiger partial charge in [-0.2, -0.15) is 0 Å². The molecule has 1 aromatic heterocycles. The quantitative estimate of drug-likeness (QED) is 0.846. The van der Waals surface area contributed by atoms with Gasteiger partial charge in [-0.1, -0.05) is 32.0 Å². The van der Waals surface area contributed by atoms with E-state index in [1.54, 1.807) is 17.4 Å². The van der Waals surface area contributed by atoms with E-state index >= 15 is 0 Å². The smallest absolute Gasteiger partial charge is 0.120 e. The minimum atomic E-state index is 0.162. The number of benzene rings is 1. The average molecular weight is 276 g/mol. The zero-order valence-corrected chi connectivity index (χ0v) is 12.2. The molecule has 3 nitrogen and oxygen atoms in total.